The van der Waals surface area contributed by atoms with Crippen LogP contribution in [0, 0.1) is 17.8 Å². The largest absolute Gasteiger partial charge is 0.426 e. The number of hydrogen-bond donors (Lipinski definition) is 1. The van der Waals surface area contributed by atoms with E-state index in [0.717, 1.165) is 6.42 Å². The van der Waals surface area contributed by atoms with E-state index in [1.165, 1.54) is 0 Å². The molecule has 0 radical (unpaired) electrons. The molecular formula is C11H14F6O. The van der Waals surface area contributed by atoms with Crippen LogP contribution in [0.1, 0.15) is 32.1 Å². The molecule has 1 N–H and O–H groups in total. The highest BCUT2D eigenvalue weighted by molar-refractivity contribution is 5.00. The van der Waals surface area contributed by atoms with E-state index in [4.69, 9.17) is 5.11 Å². The van der Waals surface area contributed by atoms with Crippen molar-refractivity contribution in [2.45, 2.75) is 50.1 Å². The molecular weight excluding hydrogens is 262 g/mol. The Morgan fingerprint density at radius 3 is 1.78 bits per heavy atom. The van der Waals surface area contributed by atoms with Crippen LogP contribution in [0.4, 0.5) is 26.3 Å². The zero-order chi connectivity index (χ0) is 13.8. The minimum Gasteiger partial charge on any atom is -0.374 e. The van der Waals surface area contributed by atoms with E-state index < -0.39 is 30.3 Å². The standard InChI is InChI=1S/C11H14F6O/c12-10(13,14)9(18,11(15,16)17)5-8-4-6-1-2-7(8)3-6/h6-8,18H,1-5H2/t6-,7?,8?/m0/s1. The zero-order valence-corrected chi connectivity index (χ0v) is 9.48. The predicted molar refractivity (Wildman–Crippen MR) is 50.6 cm³/mol. The Labute approximate surface area is 100 Å². The van der Waals surface area contributed by atoms with Crippen LogP contribution in [-0.4, -0.2) is 23.1 Å². The molecule has 0 aliphatic heterocycles. The van der Waals surface area contributed by atoms with Crippen LogP contribution in [-0.2, 0) is 0 Å². The van der Waals surface area contributed by atoms with E-state index in [1.54, 1.807) is 0 Å². The fourth-order valence-corrected chi connectivity index (χ4v) is 3.40. The molecule has 1 nitrogen and oxygen atoms in total. The maximum absolute atomic E-state index is 12.5. The van der Waals surface area contributed by atoms with Crippen molar-refractivity contribution >= 4 is 0 Å². The highest BCUT2D eigenvalue weighted by Crippen LogP contribution is 2.55. The first-order chi connectivity index (χ1) is 8.04. The molecule has 0 spiro atoms. The van der Waals surface area contributed by atoms with Gasteiger partial charge in [0.05, 0.1) is 0 Å². The van der Waals surface area contributed by atoms with Crippen LogP contribution in [0.2, 0.25) is 0 Å². The lowest BCUT2D eigenvalue weighted by molar-refractivity contribution is -0.373. The molecule has 106 valence electrons. The first-order valence-corrected chi connectivity index (χ1v) is 5.90. The number of hydrogen-bond acceptors (Lipinski definition) is 1. The van der Waals surface area contributed by atoms with Crippen LogP contribution in [0.5, 0.6) is 0 Å². The topological polar surface area (TPSA) is 20.2 Å². The molecule has 2 aliphatic carbocycles. The third-order valence-electron chi connectivity index (χ3n) is 4.38. The minimum atomic E-state index is -5.67. The van der Waals surface area contributed by atoms with Crippen molar-refractivity contribution < 1.29 is 31.4 Å². The van der Waals surface area contributed by atoms with Crippen LogP contribution >= 0.6 is 0 Å². The highest BCUT2D eigenvalue weighted by Gasteiger charge is 2.71. The molecule has 0 saturated heterocycles. The van der Waals surface area contributed by atoms with E-state index in [2.05, 4.69) is 0 Å². The number of aliphatic hydroxyl groups is 1. The van der Waals surface area contributed by atoms with Crippen LogP contribution in [0.15, 0.2) is 0 Å². The van der Waals surface area contributed by atoms with Crippen LogP contribution in [0.3, 0.4) is 0 Å². The van der Waals surface area contributed by atoms with E-state index in [0.29, 0.717) is 19.3 Å². The number of fused-ring (bicyclic) bond motifs is 2. The Morgan fingerprint density at radius 1 is 0.889 bits per heavy atom. The molecule has 2 saturated carbocycles. The summed E-state index contributed by atoms with van der Waals surface area (Å²) in [5.41, 5.74) is -4.56. The lowest BCUT2D eigenvalue weighted by Crippen LogP contribution is -2.58. The molecule has 2 rings (SSSR count). The Hall–Kier alpha value is -0.460. The van der Waals surface area contributed by atoms with E-state index in [1.807, 2.05) is 0 Å². The summed E-state index contributed by atoms with van der Waals surface area (Å²) in [4.78, 5) is 0. The van der Waals surface area contributed by atoms with Crippen molar-refractivity contribution in [3.05, 3.63) is 0 Å². The van der Waals surface area contributed by atoms with E-state index in [9.17, 15) is 26.3 Å². The molecule has 2 fully saturated rings. The quantitative estimate of drug-likeness (QED) is 0.763. The third kappa shape index (κ3) is 2.10. The maximum atomic E-state index is 12.5. The first kappa shape index (κ1) is 14.0. The molecule has 0 aromatic rings. The Morgan fingerprint density at radius 2 is 1.44 bits per heavy atom. The zero-order valence-electron chi connectivity index (χ0n) is 9.48. The van der Waals surface area contributed by atoms with Gasteiger partial charge in [0.2, 0.25) is 0 Å². The summed E-state index contributed by atoms with van der Waals surface area (Å²) in [7, 11) is 0. The summed E-state index contributed by atoms with van der Waals surface area (Å²) >= 11 is 0. The fourth-order valence-electron chi connectivity index (χ4n) is 3.40. The minimum absolute atomic E-state index is 0.0915. The molecule has 7 heteroatoms. The van der Waals surface area contributed by atoms with Crippen molar-refractivity contribution in [2.75, 3.05) is 0 Å². The van der Waals surface area contributed by atoms with Gasteiger partial charge in [-0.3, -0.25) is 0 Å². The Balaban J connectivity index is 2.17. The average Bonchev–Trinajstić information content (AvgIpc) is 2.75. The second-order valence-corrected chi connectivity index (χ2v) is 5.49. The van der Waals surface area contributed by atoms with Gasteiger partial charge >= 0.3 is 12.4 Å². The summed E-state index contributed by atoms with van der Waals surface area (Å²) in [6.45, 7) is 0. The van der Waals surface area contributed by atoms with E-state index in [-0.39, 0.29) is 11.8 Å². The lowest BCUT2D eigenvalue weighted by Gasteiger charge is -2.36. The molecule has 2 unspecified atom stereocenters. The van der Waals surface area contributed by atoms with Crippen molar-refractivity contribution in [3.8, 4) is 0 Å². The third-order valence-corrected chi connectivity index (χ3v) is 4.38. The van der Waals surface area contributed by atoms with Crippen LogP contribution in [0.25, 0.3) is 0 Å². The van der Waals surface area contributed by atoms with Gasteiger partial charge in [-0.2, -0.15) is 26.3 Å². The van der Waals surface area contributed by atoms with Crippen molar-refractivity contribution in [1.82, 2.24) is 0 Å². The SMILES string of the molecule is OC(CC1C[C@H]2CCC1C2)(C(F)(F)F)C(F)(F)F. The molecule has 0 amide bonds. The first-order valence-electron chi connectivity index (χ1n) is 5.90. The lowest BCUT2D eigenvalue weighted by atomic mass is 9.79. The monoisotopic (exact) mass is 276 g/mol. The van der Waals surface area contributed by atoms with Crippen molar-refractivity contribution in [1.29, 1.82) is 0 Å². The maximum Gasteiger partial charge on any atom is 0.426 e. The normalized spacial score (nSPS) is 33.2. The van der Waals surface area contributed by atoms with Gasteiger partial charge in [-0.1, -0.05) is 6.42 Å². The predicted octanol–water partition coefficient (Wildman–Crippen LogP) is 3.67. The van der Waals surface area contributed by atoms with Gasteiger partial charge < -0.3 is 5.11 Å². The van der Waals surface area contributed by atoms with Crippen molar-refractivity contribution in [2.24, 2.45) is 17.8 Å². The number of alkyl halides is 6. The molecule has 0 heterocycles. The number of halogens is 6. The van der Waals surface area contributed by atoms with Gasteiger partial charge in [-0.15, -0.1) is 0 Å². The highest BCUT2D eigenvalue weighted by atomic mass is 19.4. The van der Waals surface area contributed by atoms with E-state index >= 15 is 0 Å². The molecule has 18 heavy (non-hydrogen) atoms. The summed E-state index contributed by atoms with van der Waals surface area (Å²) in [6, 6.07) is 0. The van der Waals surface area contributed by atoms with Gasteiger partial charge in [0.25, 0.3) is 5.60 Å². The van der Waals surface area contributed by atoms with Gasteiger partial charge in [-0.05, 0) is 43.4 Å². The van der Waals surface area contributed by atoms with Crippen LogP contribution < -0.4 is 0 Å². The summed E-state index contributed by atoms with van der Waals surface area (Å²) < 4.78 is 75.2. The molecule has 2 bridgehead atoms. The van der Waals surface area contributed by atoms with Gasteiger partial charge in [0.15, 0.2) is 0 Å². The second-order valence-electron chi connectivity index (χ2n) is 5.49. The van der Waals surface area contributed by atoms with Gasteiger partial charge in [0.1, 0.15) is 0 Å². The Bertz CT molecular complexity index is 306. The molecule has 3 atom stereocenters. The van der Waals surface area contributed by atoms with Gasteiger partial charge in [0, 0.05) is 0 Å². The number of rotatable bonds is 2. The van der Waals surface area contributed by atoms with Gasteiger partial charge in [-0.25, -0.2) is 0 Å². The average molecular weight is 276 g/mol. The summed E-state index contributed by atoms with van der Waals surface area (Å²) in [6.07, 6.45) is -9.95. The smallest absolute Gasteiger partial charge is 0.374 e. The molecule has 0 aromatic heterocycles. The van der Waals surface area contributed by atoms with Crippen molar-refractivity contribution in [3.63, 3.8) is 0 Å². The molecule has 0 aromatic carbocycles. The summed E-state index contributed by atoms with van der Waals surface area (Å²) in [5.74, 6) is -0.519. The Kier molecular flexibility index (Phi) is 3.11. The molecule has 2 aliphatic rings. The second kappa shape index (κ2) is 4.02. The fraction of sp³-hybridized carbons (Fsp3) is 1.00. The summed E-state index contributed by atoms with van der Waals surface area (Å²) in [5, 5.41) is 9.12.